The summed E-state index contributed by atoms with van der Waals surface area (Å²) in [6, 6.07) is 14.6. The molecule has 0 aliphatic carbocycles. The third-order valence-electron chi connectivity index (χ3n) is 3.42. The second-order valence-electron chi connectivity index (χ2n) is 5.05. The highest BCUT2D eigenvalue weighted by molar-refractivity contribution is 5.55. The smallest absolute Gasteiger partial charge is 0.123 e. The fourth-order valence-electron chi connectivity index (χ4n) is 2.21. The molecule has 3 rings (SSSR count). The average Bonchev–Trinajstić information content (AvgIpc) is 3.05. The lowest BCUT2D eigenvalue weighted by Gasteiger charge is -2.09. The minimum atomic E-state index is 0.412. The fraction of sp³-hybridized carbons (Fsp3) is 0.167. The number of pyridine rings is 1. The number of hydrogen-bond acceptors (Lipinski definition) is 5. The van der Waals surface area contributed by atoms with Crippen molar-refractivity contribution in [1.82, 2.24) is 14.8 Å². The van der Waals surface area contributed by atoms with E-state index < -0.39 is 0 Å². The van der Waals surface area contributed by atoms with E-state index in [0.717, 1.165) is 17.1 Å². The van der Waals surface area contributed by atoms with Crippen LogP contribution in [-0.4, -0.2) is 28.0 Å². The van der Waals surface area contributed by atoms with E-state index in [-0.39, 0.29) is 0 Å². The Balaban J connectivity index is 1.53. The van der Waals surface area contributed by atoms with Gasteiger partial charge < -0.3 is 9.47 Å². The number of benzene rings is 1. The Morgan fingerprint density at radius 3 is 2.42 bits per heavy atom. The first kappa shape index (κ1) is 15.6. The molecule has 3 aromatic rings. The first-order valence-corrected chi connectivity index (χ1v) is 7.46. The molecule has 6 nitrogen and oxygen atoms in total. The van der Waals surface area contributed by atoms with Crippen LogP contribution < -0.4 is 9.47 Å². The molecular formula is C18H16N4O2. The summed E-state index contributed by atoms with van der Waals surface area (Å²) in [5.74, 6) is 1.44. The molecule has 2 aromatic heterocycles. The van der Waals surface area contributed by atoms with E-state index >= 15 is 0 Å². The Morgan fingerprint density at radius 1 is 1.00 bits per heavy atom. The van der Waals surface area contributed by atoms with E-state index in [9.17, 15) is 0 Å². The molecule has 0 bridgehead atoms. The summed E-state index contributed by atoms with van der Waals surface area (Å²) in [5, 5.41) is 12.9. The third-order valence-corrected chi connectivity index (χ3v) is 3.42. The van der Waals surface area contributed by atoms with Crippen molar-refractivity contribution in [2.45, 2.75) is 0 Å². The first-order chi connectivity index (χ1) is 11.8. The molecule has 0 atom stereocenters. The van der Waals surface area contributed by atoms with Gasteiger partial charge in [0.1, 0.15) is 24.7 Å². The van der Waals surface area contributed by atoms with Gasteiger partial charge in [-0.1, -0.05) is 0 Å². The maximum absolute atomic E-state index is 8.76. The largest absolute Gasteiger partial charge is 0.490 e. The van der Waals surface area contributed by atoms with Crippen LogP contribution in [0.25, 0.3) is 11.4 Å². The zero-order valence-corrected chi connectivity index (χ0v) is 13.2. The first-order valence-electron chi connectivity index (χ1n) is 7.46. The summed E-state index contributed by atoms with van der Waals surface area (Å²) in [6.07, 6.45) is 3.44. The summed E-state index contributed by atoms with van der Waals surface area (Å²) >= 11 is 0. The Bertz CT molecular complexity index is 850. The third kappa shape index (κ3) is 3.70. The van der Waals surface area contributed by atoms with Gasteiger partial charge in [-0.05, 0) is 36.4 Å². The highest BCUT2D eigenvalue weighted by Crippen LogP contribution is 2.20. The van der Waals surface area contributed by atoms with Crippen LogP contribution in [0.5, 0.6) is 11.5 Å². The molecule has 1 aromatic carbocycles. The predicted octanol–water partition coefficient (Wildman–Crippen LogP) is 2.81. The second-order valence-corrected chi connectivity index (χ2v) is 5.05. The van der Waals surface area contributed by atoms with Crippen molar-refractivity contribution in [3.8, 4) is 29.0 Å². The van der Waals surface area contributed by atoms with Gasteiger partial charge in [-0.25, -0.2) is 0 Å². The normalized spacial score (nSPS) is 10.2. The van der Waals surface area contributed by atoms with Crippen LogP contribution >= 0.6 is 0 Å². The summed E-state index contributed by atoms with van der Waals surface area (Å²) in [6.45, 7) is 0.824. The van der Waals surface area contributed by atoms with Crippen molar-refractivity contribution >= 4 is 0 Å². The topological polar surface area (TPSA) is 73.0 Å². The predicted molar refractivity (Wildman–Crippen MR) is 88.6 cm³/mol. The molecule has 0 radical (unpaired) electrons. The zero-order chi connectivity index (χ0) is 16.8. The number of nitrogens with zero attached hydrogens (tertiary/aromatic N) is 4. The van der Waals surface area contributed by atoms with Gasteiger partial charge in [0.05, 0.1) is 23.0 Å². The van der Waals surface area contributed by atoms with Gasteiger partial charge >= 0.3 is 0 Å². The van der Waals surface area contributed by atoms with Gasteiger partial charge in [-0.2, -0.15) is 10.4 Å². The van der Waals surface area contributed by atoms with Crippen LogP contribution in [0.1, 0.15) is 5.56 Å². The number of nitriles is 1. The zero-order valence-electron chi connectivity index (χ0n) is 13.2. The van der Waals surface area contributed by atoms with Crippen molar-refractivity contribution in [1.29, 1.82) is 5.26 Å². The highest BCUT2D eigenvalue weighted by Gasteiger charge is 2.05. The fourth-order valence-corrected chi connectivity index (χ4v) is 2.21. The van der Waals surface area contributed by atoms with Gasteiger partial charge in [0.2, 0.25) is 0 Å². The molecule has 2 heterocycles. The van der Waals surface area contributed by atoms with Crippen LogP contribution in [-0.2, 0) is 7.05 Å². The van der Waals surface area contributed by atoms with E-state index in [1.54, 1.807) is 41.3 Å². The lowest BCUT2D eigenvalue weighted by molar-refractivity contribution is 0.217. The van der Waals surface area contributed by atoms with E-state index in [1.165, 1.54) is 0 Å². The Labute approximate surface area is 139 Å². The number of rotatable bonds is 6. The number of ether oxygens (including phenoxy) is 2. The molecule has 0 saturated carbocycles. The molecular weight excluding hydrogens is 304 g/mol. The molecule has 0 fully saturated rings. The van der Waals surface area contributed by atoms with Crippen molar-refractivity contribution in [2.24, 2.45) is 7.05 Å². The number of hydrogen-bond donors (Lipinski definition) is 0. The number of aryl methyl sites for hydroxylation is 1. The van der Waals surface area contributed by atoms with Crippen LogP contribution in [0.3, 0.4) is 0 Å². The van der Waals surface area contributed by atoms with Crippen LogP contribution in [0.2, 0.25) is 0 Å². The second kappa shape index (κ2) is 7.29. The van der Waals surface area contributed by atoms with Crippen molar-refractivity contribution in [3.63, 3.8) is 0 Å². The van der Waals surface area contributed by atoms with Crippen LogP contribution in [0.4, 0.5) is 0 Å². The molecule has 6 heteroatoms. The van der Waals surface area contributed by atoms with E-state index in [4.69, 9.17) is 14.7 Å². The molecule has 0 saturated heterocycles. The van der Waals surface area contributed by atoms with E-state index in [0.29, 0.717) is 24.5 Å². The van der Waals surface area contributed by atoms with Crippen molar-refractivity contribution < 1.29 is 9.47 Å². The van der Waals surface area contributed by atoms with Gasteiger partial charge in [0.25, 0.3) is 0 Å². The maximum Gasteiger partial charge on any atom is 0.123 e. The van der Waals surface area contributed by atoms with Gasteiger partial charge in [-0.15, -0.1) is 0 Å². The SMILES string of the molecule is Cn1nccc1-c1cc(OCCOc2ccc(C#N)cc2)ccn1. The van der Waals surface area contributed by atoms with Gasteiger partial charge in [-0.3, -0.25) is 9.67 Å². The number of aromatic nitrogens is 3. The summed E-state index contributed by atoms with van der Waals surface area (Å²) in [5.41, 5.74) is 2.34. The molecule has 120 valence electrons. The molecule has 24 heavy (non-hydrogen) atoms. The van der Waals surface area contributed by atoms with Gasteiger partial charge in [0.15, 0.2) is 0 Å². The van der Waals surface area contributed by atoms with Crippen molar-refractivity contribution in [3.05, 3.63) is 60.4 Å². The summed E-state index contributed by atoms with van der Waals surface area (Å²) < 4.78 is 13.1. The molecule has 0 N–H and O–H groups in total. The molecule has 0 aliphatic heterocycles. The summed E-state index contributed by atoms with van der Waals surface area (Å²) in [4.78, 5) is 4.34. The minimum Gasteiger partial charge on any atom is -0.490 e. The molecule has 0 amide bonds. The molecule has 0 aliphatic rings. The maximum atomic E-state index is 8.76. The Kier molecular flexibility index (Phi) is 4.73. The van der Waals surface area contributed by atoms with Crippen molar-refractivity contribution in [2.75, 3.05) is 13.2 Å². The molecule has 0 unspecified atom stereocenters. The molecule has 0 spiro atoms. The van der Waals surface area contributed by atoms with Crippen LogP contribution in [0, 0.1) is 11.3 Å². The van der Waals surface area contributed by atoms with Gasteiger partial charge in [0, 0.05) is 25.5 Å². The summed E-state index contributed by atoms with van der Waals surface area (Å²) in [7, 11) is 1.87. The lowest BCUT2D eigenvalue weighted by Crippen LogP contribution is -2.09. The van der Waals surface area contributed by atoms with Crippen LogP contribution in [0.15, 0.2) is 54.9 Å². The highest BCUT2D eigenvalue weighted by atomic mass is 16.5. The Hall–Kier alpha value is -3.33. The van der Waals surface area contributed by atoms with E-state index in [1.807, 2.05) is 25.2 Å². The van der Waals surface area contributed by atoms with E-state index in [2.05, 4.69) is 16.2 Å². The standard InChI is InChI=1S/C18H16N4O2/c1-22-18(7-9-21-22)17-12-16(6-8-20-17)24-11-10-23-15-4-2-14(13-19)3-5-15/h2-9,12H,10-11H2,1H3. The monoisotopic (exact) mass is 320 g/mol. The minimum absolute atomic E-state index is 0.412. The Morgan fingerprint density at radius 2 is 1.75 bits per heavy atom. The lowest BCUT2D eigenvalue weighted by atomic mass is 10.2. The average molecular weight is 320 g/mol. The quantitative estimate of drug-likeness (QED) is 0.653.